The number of carbonyl (C=O) groups excluding carboxylic acids is 2. The number of halogens is 3. The lowest BCUT2D eigenvalue weighted by atomic mass is 9.82. The standard InChI is InChI=1S/C33H39ClF2N4O7/c1-32(2,3)46-30(43)39-15-19-13-21(26(29(41)42)24(17-39)40(19)31(44)47-33(4,5)6)18-7-10-25(37-14-18)38-12-11-20(16-38)45-28-23(36)9-8-22(35)27(28)34/h7-10,14,19-20,24H,11-13,15-17H2,1-6H3,(H,41,42)/t19-,20-,24-/m1/s1. The van der Waals surface area contributed by atoms with E-state index in [0.717, 1.165) is 12.1 Å². The molecule has 0 saturated carbocycles. The quantitative estimate of drug-likeness (QED) is 0.372. The van der Waals surface area contributed by atoms with Gasteiger partial charge in [0.05, 0.1) is 24.2 Å². The summed E-state index contributed by atoms with van der Waals surface area (Å²) in [5.41, 5.74) is -0.535. The number of carbonyl (C=O) groups is 3. The number of amides is 2. The molecular formula is C33H39ClF2N4O7. The SMILES string of the molecule is CC(C)(C)OC(=O)N1C[C@H]2CC(c3ccc(N4CC[C@@H](Oc5c(F)ccc(F)c5Cl)C4)nc3)=C(C(=O)O)[C@@H](C1)N2C(=O)OC(C)(C)C. The normalized spacial score (nSPS) is 21.6. The third-order valence-electron chi connectivity index (χ3n) is 7.99. The fraction of sp³-hybridized carbons (Fsp3) is 0.515. The fourth-order valence-electron chi connectivity index (χ4n) is 6.09. The molecule has 4 heterocycles. The van der Waals surface area contributed by atoms with Gasteiger partial charge in [-0.25, -0.2) is 28.1 Å². The summed E-state index contributed by atoms with van der Waals surface area (Å²) in [4.78, 5) is 48.7. The van der Waals surface area contributed by atoms with Crippen LogP contribution in [0, 0.1) is 11.6 Å². The highest BCUT2D eigenvalue weighted by atomic mass is 35.5. The summed E-state index contributed by atoms with van der Waals surface area (Å²) in [7, 11) is 0. The lowest BCUT2D eigenvalue weighted by Crippen LogP contribution is -2.65. The van der Waals surface area contributed by atoms with Gasteiger partial charge in [-0.2, -0.15) is 0 Å². The van der Waals surface area contributed by atoms with E-state index in [1.807, 2.05) is 4.90 Å². The van der Waals surface area contributed by atoms with Crippen molar-refractivity contribution in [3.63, 3.8) is 0 Å². The van der Waals surface area contributed by atoms with Gasteiger partial charge in [-0.15, -0.1) is 0 Å². The average Bonchev–Trinajstić information content (AvgIpc) is 3.43. The second-order valence-corrected chi connectivity index (χ2v) is 14.3. The first-order valence-corrected chi connectivity index (χ1v) is 15.8. The number of pyridine rings is 1. The predicted octanol–water partition coefficient (Wildman–Crippen LogP) is 6.14. The number of aliphatic carboxylic acids is 1. The minimum absolute atomic E-state index is 0.0291. The predicted molar refractivity (Wildman–Crippen MR) is 169 cm³/mol. The number of carboxylic acids is 1. The van der Waals surface area contributed by atoms with Crippen molar-refractivity contribution in [1.82, 2.24) is 14.8 Å². The van der Waals surface area contributed by atoms with Crippen molar-refractivity contribution >= 4 is 41.1 Å². The summed E-state index contributed by atoms with van der Waals surface area (Å²) in [5, 5.41) is 10.1. The van der Waals surface area contributed by atoms with E-state index < -0.39 is 64.2 Å². The molecule has 0 spiro atoms. The smallest absolute Gasteiger partial charge is 0.411 e. The van der Waals surface area contributed by atoms with Crippen LogP contribution in [0.2, 0.25) is 5.02 Å². The largest absolute Gasteiger partial charge is 0.484 e. The first-order valence-electron chi connectivity index (χ1n) is 15.4. The molecule has 14 heteroatoms. The second kappa shape index (κ2) is 12.8. The number of aromatic nitrogens is 1. The van der Waals surface area contributed by atoms with E-state index in [0.29, 0.717) is 36.5 Å². The molecule has 3 atom stereocenters. The number of fused-ring (bicyclic) bond motifs is 2. The van der Waals surface area contributed by atoms with Crippen molar-refractivity contribution in [2.75, 3.05) is 31.1 Å². The Kier molecular flexibility index (Phi) is 9.33. The Hall–Kier alpha value is -4.13. The summed E-state index contributed by atoms with van der Waals surface area (Å²) in [6, 6.07) is 3.84. The summed E-state index contributed by atoms with van der Waals surface area (Å²) >= 11 is 5.93. The zero-order valence-corrected chi connectivity index (χ0v) is 27.9. The first kappa shape index (κ1) is 34.2. The van der Waals surface area contributed by atoms with Crippen LogP contribution in [-0.2, 0) is 14.3 Å². The van der Waals surface area contributed by atoms with Crippen LogP contribution in [0.15, 0.2) is 36.0 Å². The minimum atomic E-state index is -1.23. The third-order valence-corrected chi connectivity index (χ3v) is 8.34. The number of piperazine rings is 1. The van der Waals surface area contributed by atoms with E-state index in [9.17, 15) is 28.3 Å². The molecule has 2 amide bonds. The molecule has 2 fully saturated rings. The van der Waals surface area contributed by atoms with Crippen LogP contribution < -0.4 is 9.64 Å². The summed E-state index contributed by atoms with van der Waals surface area (Å²) < 4.78 is 45.1. The maximum Gasteiger partial charge on any atom is 0.411 e. The van der Waals surface area contributed by atoms with Crippen LogP contribution in [-0.4, -0.2) is 93.6 Å². The highest BCUT2D eigenvalue weighted by Gasteiger charge is 2.49. The zero-order chi connectivity index (χ0) is 34.4. The van der Waals surface area contributed by atoms with Crippen molar-refractivity contribution in [1.29, 1.82) is 0 Å². The maximum atomic E-state index is 14.3. The Morgan fingerprint density at radius 3 is 2.21 bits per heavy atom. The van der Waals surface area contributed by atoms with E-state index in [1.54, 1.807) is 59.9 Å². The van der Waals surface area contributed by atoms with Crippen LogP contribution in [0.3, 0.4) is 0 Å². The monoisotopic (exact) mass is 676 g/mol. The lowest BCUT2D eigenvalue weighted by molar-refractivity contribution is -0.134. The number of carboxylic acid groups (broad SMARTS) is 1. The first-order chi connectivity index (χ1) is 21.9. The van der Waals surface area contributed by atoms with Gasteiger partial charge in [0, 0.05) is 32.3 Å². The van der Waals surface area contributed by atoms with Gasteiger partial charge in [0.2, 0.25) is 0 Å². The van der Waals surface area contributed by atoms with Gasteiger partial charge in [0.1, 0.15) is 34.0 Å². The number of nitrogens with zero attached hydrogens (tertiary/aromatic N) is 4. The molecule has 5 rings (SSSR count). The van der Waals surface area contributed by atoms with Crippen molar-refractivity contribution in [2.45, 2.75) is 83.8 Å². The van der Waals surface area contributed by atoms with E-state index in [2.05, 4.69) is 4.98 Å². The van der Waals surface area contributed by atoms with Crippen LogP contribution in [0.1, 0.15) is 59.9 Å². The number of benzene rings is 1. The number of hydrogen-bond donors (Lipinski definition) is 1. The molecule has 3 aliphatic rings. The number of anilines is 1. The number of hydrogen-bond acceptors (Lipinski definition) is 8. The van der Waals surface area contributed by atoms with Crippen molar-refractivity contribution in [2.24, 2.45) is 0 Å². The van der Waals surface area contributed by atoms with Crippen LogP contribution in [0.25, 0.3) is 5.57 Å². The highest BCUT2D eigenvalue weighted by molar-refractivity contribution is 6.32. The Morgan fingerprint density at radius 2 is 1.60 bits per heavy atom. The molecule has 1 N–H and O–H groups in total. The zero-order valence-electron chi connectivity index (χ0n) is 27.2. The fourth-order valence-corrected chi connectivity index (χ4v) is 6.28. The molecule has 2 aromatic rings. The average molecular weight is 677 g/mol. The maximum absolute atomic E-state index is 14.3. The molecule has 47 heavy (non-hydrogen) atoms. The van der Waals surface area contributed by atoms with Crippen LogP contribution >= 0.6 is 11.6 Å². The van der Waals surface area contributed by atoms with E-state index in [4.69, 9.17) is 25.8 Å². The van der Waals surface area contributed by atoms with Crippen molar-refractivity contribution in [3.8, 4) is 5.75 Å². The number of ether oxygens (including phenoxy) is 3. The molecule has 0 unspecified atom stereocenters. The van der Waals surface area contributed by atoms with Crippen molar-refractivity contribution < 1.29 is 42.5 Å². The summed E-state index contributed by atoms with van der Waals surface area (Å²) in [6.45, 7) is 11.3. The molecule has 3 aliphatic heterocycles. The van der Waals surface area contributed by atoms with E-state index in [1.165, 1.54) is 9.80 Å². The molecule has 1 aromatic heterocycles. The molecule has 0 aliphatic carbocycles. The van der Waals surface area contributed by atoms with Crippen LogP contribution in [0.4, 0.5) is 24.2 Å². The lowest BCUT2D eigenvalue weighted by Gasteiger charge is -2.50. The number of rotatable bonds is 5. The van der Waals surface area contributed by atoms with Gasteiger partial charge in [0.15, 0.2) is 11.6 Å². The Morgan fingerprint density at radius 1 is 0.936 bits per heavy atom. The topological polar surface area (TPSA) is 122 Å². The Labute approximate surface area is 277 Å². The molecule has 0 radical (unpaired) electrons. The van der Waals surface area contributed by atoms with Gasteiger partial charge >= 0.3 is 18.2 Å². The van der Waals surface area contributed by atoms with Gasteiger partial charge < -0.3 is 29.1 Å². The van der Waals surface area contributed by atoms with E-state index >= 15 is 0 Å². The van der Waals surface area contributed by atoms with Gasteiger partial charge in [-0.05, 0) is 83.4 Å². The minimum Gasteiger partial charge on any atom is -0.484 e. The molecule has 11 nitrogen and oxygen atoms in total. The van der Waals surface area contributed by atoms with Crippen molar-refractivity contribution in [3.05, 3.63) is 58.3 Å². The summed E-state index contributed by atoms with van der Waals surface area (Å²) in [6.07, 6.45) is 0.518. The molecule has 1 aromatic carbocycles. The Bertz CT molecular complexity index is 1590. The van der Waals surface area contributed by atoms with Gasteiger partial charge in [-0.3, -0.25) is 4.90 Å². The van der Waals surface area contributed by atoms with E-state index in [-0.39, 0.29) is 30.8 Å². The van der Waals surface area contributed by atoms with Gasteiger partial charge in [-0.1, -0.05) is 11.6 Å². The van der Waals surface area contributed by atoms with Crippen LogP contribution in [0.5, 0.6) is 5.75 Å². The molecular weight excluding hydrogens is 638 g/mol. The highest BCUT2D eigenvalue weighted by Crippen LogP contribution is 2.40. The molecule has 2 saturated heterocycles. The third kappa shape index (κ3) is 7.55. The van der Waals surface area contributed by atoms with Gasteiger partial charge in [0.25, 0.3) is 0 Å². The molecule has 2 bridgehead atoms. The summed E-state index contributed by atoms with van der Waals surface area (Å²) in [5.74, 6) is -2.50. The Balaban J connectivity index is 1.40. The molecule has 254 valence electrons. The second-order valence-electron chi connectivity index (χ2n) is 13.9.